The molecule has 0 aromatic carbocycles. The van der Waals surface area contributed by atoms with E-state index < -0.39 is 0 Å². The highest BCUT2D eigenvalue weighted by Crippen LogP contribution is 2.51. The molecule has 3 rings (SSSR count). The maximum atomic E-state index is 12.3. The Morgan fingerprint density at radius 1 is 1.18 bits per heavy atom. The molecule has 2 N–H and O–H groups in total. The zero-order valence-electron chi connectivity index (χ0n) is 18.4. The Morgan fingerprint density at radius 3 is 2.36 bits per heavy atom. The van der Waals surface area contributed by atoms with Gasteiger partial charge in [-0.05, 0) is 26.2 Å². The van der Waals surface area contributed by atoms with Crippen molar-refractivity contribution in [2.24, 2.45) is 16.3 Å². The summed E-state index contributed by atoms with van der Waals surface area (Å²) in [5, 5.41) is 7.00. The Kier molecular flexibility index (Phi) is 6.54. The minimum atomic E-state index is -0.0832. The summed E-state index contributed by atoms with van der Waals surface area (Å²) in [5.74, 6) is 1.56. The van der Waals surface area contributed by atoms with Gasteiger partial charge in [0, 0.05) is 70.8 Å². The van der Waals surface area contributed by atoms with E-state index in [9.17, 15) is 4.79 Å². The van der Waals surface area contributed by atoms with Gasteiger partial charge in [-0.2, -0.15) is 0 Å². The lowest BCUT2D eigenvalue weighted by Crippen LogP contribution is -2.69. The monoisotopic (exact) mass is 393 g/mol. The summed E-state index contributed by atoms with van der Waals surface area (Å²) in [5.41, 5.74) is -0.0250. The maximum absolute atomic E-state index is 12.3. The summed E-state index contributed by atoms with van der Waals surface area (Å²) < 4.78 is 5.71. The van der Waals surface area contributed by atoms with Gasteiger partial charge >= 0.3 is 0 Å². The van der Waals surface area contributed by atoms with E-state index in [1.54, 1.807) is 7.11 Å². The van der Waals surface area contributed by atoms with E-state index in [1.165, 1.54) is 6.42 Å². The predicted molar refractivity (Wildman–Crippen MR) is 112 cm³/mol. The molecule has 0 aromatic rings. The van der Waals surface area contributed by atoms with E-state index in [0.29, 0.717) is 17.9 Å². The molecule has 2 unspecified atom stereocenters. The number of nitrogens with zero attached hydrogens (tertiary/aromatic N) is 3. The normalized spacial score (nSPS) is 31.1. The molecule has 3 fully saturated rings. The van der Waals surface area contributed by atoms with Crippen molar-refractivity contribution < 1.29 is 9.53 Å². The first-order valence-electron chi connectivity index (χ1n) is 10.8. The molecule has 0 spiro atoms. The number of carbonyl (C=O) groups is 1. The van der Waals surface area contributed by atoms with Gasteiger partial charge < -0.3 is 20.3 Å². The van der Waals surface area contributed by atoms with Crippen LogP contribution in [0.4, 0.5) is 0 Å². The predicted octanol–water partition coefficient (Wildman–Crippen LogP) is 1.30. The molecular weight excluding hydrogens is 354 g/mol. The van der Waals surface area contributed by atoms with Crippen molar-refractivity contribution in [1.29, 1.82) is 0 Å². The number of hydrogen-bond acceptors (Lipinski definition) is 4. The van der Waals surface area contributed by atoms with Crippen LogP contribution in [-0.2, 0) is 9.53 Å². The summed E-state index contributed by atoms with van der Waals surface area (Å²) >= 11 is 0. The van der Waals surface area contributed by atoms with E-state index in [0.717, 1.165) is 64.5 Å². The molecule has 0 radical (unpaired) electrons. The van der Waals surface area contributed by atoms with Gasteiger partial charge in [0.25, 0.3) is 0 Å². The lowest BCUT2D eigenvalue weighted by atomic mass is 9.56. The van der Waals surface area contributed by atoms with Crippen LogP contribution in [0.5, 0.6) is 0 Å². The molecule has 2 atom stereocenters. The van der Waals surface area contributed by atoms with Crippen LogP contribution in [0.25, 0.3) is 0 Å². The Hall–Kier alpha value is -1.34. The van der Waals surface area contributed by atoms with Gasteiger partial charge in [-0.1, -0.05) is 20.3 Å². The molecule has 1 heterocycles. The summed E-state index contributed by atoms with van der Waals surface area (Å²) in [6.07, 6.45) is 4.39. The van der Waals surface area contributed by atoms with Gasteiger partial charge in [0.15, 0.2) is 5.96 Å². The Labute approximate surface area is 170 Å². The van der Waals surface area contributed by atoms with Gasteiger partial charge in [0.2, 0.25) is 5.91 Å². The highest BCUT2D eigenvalue weighted by atomic mass is 16.5. The second kappa shape index (κ2) is 8.57. The van der Waals surface area contributed by atoms with Crippen LogP contribution in [0.2, 0.25) is 0 Å². The van der Waals surface area contributed by atoms with E-state index in [1.807, 2.05) is 7.05 Å². The third kappa shape index (κ3) is 4.15. The maximum Gasteiger partial charge on any atom is 0.225 e. The van der Waals surface area contributed by atoms with Gasteiger partial charge in [-0.3, -0.25) is 14.7 Å². The summed E-state index contributed by atoms with van der Waals surface area (Å²) in [6, 6.07) is 0.352. The number of carbonyl (C=O) groups excluding carboxylic acids is 1. The summed E-state index contributed by atoms with van der Waals surface area (Å²) in [6.45, 7) is 12.2. The zero-order chi connectivity index (χ0) is 20.4. The second-order valence-electron chi connectivity index (χ2n) is 9.35. The quantitative estimate of drug-likeness (QED) is 0.526. The molecule has 7 heteroatoms. The number of hydrogen-bond donors (Lipinski definition) is 2. The first kappa shape index (κ1) is 21.4. The minimum Gasteiger partial charge on any atom is -0.378 e. The molecule has 1 saturated heterocycles. The number of nitrogens with one attached hydrogen (secondary N) is 2. The smallest absolute Gasteiger partial charge is 0.225 e. The summed E-state index contributed by atoms with van der Waals surface area (Å²) in [7, 11) is 3.62. The van der Waals surface area contributed by atoms with Crippen molar-refractivity contribution >= 4 is 11.9 Å². The Morgan fingerprint density at radius 2 is 1.86 bits per heavy atom. The molecule has 1 aliphatic heterocycles. The standard InChI is InChI=1S/C21H39N5O2/c1-20(2)17(15-21(20,3)28-5)24-19(22-4)23-9-10-25-11-13-26(14-12-25)18(27)16-7-6-8-16/h16-17H,6-15H2,1-5H3,(H2,22,23,24). The van der Waals surface area contributed by atoms with Crippen molar-refractivity contribution in [3.8, 4) is 0 Å². The number of guanidine groups is 1. The van der Waals surface area contributed by atoms with Gasteiger partial charge in [-0.25, -0.2) is 0 Å². The van der Waals surface area contributed by atoms with Gasteiger partial charge in [0.05, 0.1) is 5.60 Å². The van der Waals surface area contributed by atoms with Crippen LogP contribution in [0.1, 0.15) is 46.5 Å². The van der Waals surface area contributed by atoms with Crippen LogP contribution in [-0.4, -0.2) is 86.7 Å². The van der Waals surface area contributed by atoms with Crippen LogP contribution < -0.4 is 10.6 Å². The topological polar surface area (TPSA) is 69.2 Å². The largest absolute Gasteiger partial charge is 0.378 e. The molecule has 0 bridgehead atoms. The fraction of sp³-hybridized carbons (Fsp3) is 0.905. The highest BCUT2D eigenvalue weighted by Gasteiger charge is 2.58. The third-order valence-electron chi connectivity index (χ3n) is 7.67. The first-order chi connectivity index (χ1) is 13.3. The second-order valence-corrected chi connectivity index (χ2v) is 9.35. The number of piperazine rings is 1. The molecule has 160 valence electrons. The van der Waals surface area contributed by atoms with Gasteiger partial charge in [-0.15, -0.1) is 0 Å². The molecule has 3 aliphatic rings. The van der Waals surface area contributed by atoms with Crippen molar-refractivity contribution in [2.45, 2.75) is 58.1 Å². The molecule has 1 amide bonds. The van der Waals surface area contributed by atoms with Crippen LogP contribution in [0.3, 0.4) is 0 Å². The number of aliphatic imine (C=N–C) groups is 1. The average molecular weight is 394 g/mol. The molecule has 28 heavy (non-hydrogen) atoms. The molecule has 7 nitrogen and oxygen atoms in total. The van der Waals surface area contributed by atoms with E-state index >= 15 is 0 Å². The third-order valence-corrected chi connectivity index (χ3v) is 7.67. The number of methoxy groups -OCH3 is 1. The molecule has 0 aromatic heterocycles. The fourth-order valence-electron chi connectivity index (χ4n) is 4.52. The van der Waals surface area contributed by atoms with Crippen molar-refractivity contribution in [3.05, 3.63) is 0 Å². The average Bonchev–Trinajstić information content (AvgIpc) is 2.65. The number of rotatable bonds is 6. The molecule has 2 saturated carbocycles. The lowest BCUT2D eigenvalue weighted by Gasteiger charge is -2.59. The number of ether oxygens (including phenoxy) is 1. The minimum absolute atomic E-state index is 0.0582. The van der Waals surface area contributed by atoms with Crippen molar-refractivity contribution in [2.75, 3.05) is 53.4 Å². The highest BCUT2D eigenvalue weighted by molar-refractivity contribution is 5.80. The lowest BCUT2D eigenvalue weighted by molar-refractivity contribution is -0.176. The molecule has 2 aliphatic carbocycles. The molecular formula is C21H39N5O2. The van der Waals surface area contributed by atoms with E-state index in [4.69, 9.17) is 4.74 Å². The number of amides is 1. The van der Waals surface area contributed by atoms with E-state index in [2.05, 4.69) is 46.2 Å². The van der Waals surface area contributed by atoms with Gasteiger partial charge in [0.1, 0.15) is 0 Å². The van der Waals surface area contributed by atoms with Crippen molar-refractivity contribution in [1.82, 2.24) is 20.4 Å². The SMILES string of the molecule is CN=C(NCCN1CCN(C(=O)C2CCC2)CC1)NC1CC(C)(OC)C1(C)C. The van der Waals surface area contributed by atoms with Crippen LogP contribution >= 0.6 is 0 Å². The summed E-state index contributed by atoms with van der Waals surface area (Å²) in [4.78, 5) is 21.2. The first-order valence-corrected chi connectivity index (χ1v) is 10.8. The van der Waals surface area contributed by atoms with Crippen LogP contribution in [0.15, 0.2) is 4.99 Å². The van der Waals surface area contributed by atoms with Crippen LogP contribution in [0, 0.1) is 11.3 Å². The Balaban J connectivity index is 1.35. The Bertz CT molecular complexity index is 581. The zero-order valence-corrected chi connectivity index (χ0v) is 18.4. The fourth-order valence-corrected chi connectivity index (χ4v) is 4.52. The van der Waals surface area contributed by atoms with E-state index in [-0.39, 0.29) is 11.0 Å². The van der Waals surface area contributed by atoms with Crippen molar-refractivity contribution in [3.63, 3.8) is 0 Å².